The first-order valence-corrected chi connectivity index (χ1v) is 9.78. The number of hydrogen-bond donors (Lipinski definition) is 1. The van der Waals surface area contributed by atoms with Crippen molar-refractivity contribution in [1.82, 2.24) is 14.4 Å². The average molecular weight is 370 g/mol. The van der Waals surface area contributed by atoms with Gasteiger partial charge in [-0.2, -0.15) is 0 Å². The van der Waals surface area contributed by atoms with Crippen molar-refractivity contribution in [3.63, 3.8) is 0 Å². The van der Waals surface area contributed by atoms with Crippen molar-refractivity contribution in [2.45, 2.75) is 25.9 Å². The Hall–Kier alpha value is -2.11. The predicted molar refractivity (Wildman–Crippen MR) is 108 cm³/mol. The van der Waals surface area contributed by atoms with Crippen molar-refractivity contribution in [1.29, 1.82) is 0 Å². The normalized spacial score (nSPS) is 17.0. The molecule has 3 rings (SSSR count). The highest BCUT2D eigenvalue weighted by atomic mass is 16.3. The zero-order valence-corrected chi connectivity index (χ0v) is 16.6. The molecule has 2 aromatic rings. The molecule has 1 aliphatic heterocycles. The van der Waals surface area contributed by atoms with Gasteiger partial charge in [0.05, 0.1) is 11.7 Å². The van der Waals surface area contributed by atoms with Crippen LogP contribution in [0.5, 0.6) is 0 Å². The molecule has 2 heterocycles. The molecular formula is C22H31N3O2. The molecule has 1 aliphatic rings. The van der Waals surface area contributed by atoms with E-state index in [1.165, 1.54) is 0 Å². The van der Waals surface area contributed by atoms with Crippen molar-refractivity contribution in [2.75, 3.05) is 33.2 Å². The van der Waals surface area contributed by atoms with Crippen LogP contribution < -0.4 is 0 Å². The Morgan fingerprint density at radius 3 is 2.48 bits per heavy atom. The number of carbonyl (C=O) groups excluding carboxylic acids is 1. The highest BCUT2D eigenvalue weighted by Crippen LogP contribution is 2.22. The number of aryl methyl sites for hydroxylation is 1. The van der Waals surface area contributed by atoms with Crippen molar-refractivity contribution in [3.05, 3.63) is 59.4 Å². The summed E-state index contributed by atoms with van der Waals surface area (Å²) in [4.78, 5) is 16.9. The zero-order chi connectivity index (χ0) is 19.4. The number of rotatable bonds is 6. The van der Waals surface area contributed by atoms with Gasteiger partial charge < -0.3 is 19.5 Å². The summed E-state index contributed by atoms with van der Waals surface area (Å²) in [5.41, 5.74) is 2.78. The Balaban J connectivity index is 1.46. The highest BCUT2D eigenvalue weighted by molar-refractivity contribution is 5.95. The quantitative estimate of drug-likeness (QED) is 0.852. The van der Waals surface area contributed by atoms with Gasteiger partial charge in [0.15, 0.2) is 0 Å². The lowest BCUT2D eigenvalue weighted by molar-refractivity contribution is 0.0681. The molecular weight excluding hydrogens is 338 g/mol. The maximum atomic E-state index is 12.7. The highest BCUT2D eigenvalue weighted by Gasteiger charge is 2.24. The maximum Gasteiger partial charge on any atom is 0.255 e. The molecule has 1 aromatic carbocycles. The summed E-state index contributed by atoms with van der Waals surface area (Å²) in [5.74, 6) is 0.628. The molecule has 5 heteroatoms. The molecule has 1 unspecified atom stereocenters. The Morgan fingerprint density at radius 2 is 1.89 bits per heavy atom. The molecule has 0 aliphatic carbocycles. The van der Waals surface area contributed by atoms with Crippen molar-refractivity contribution in [2.24, 2.45) is 13.0 Å². The summed E-state index contributed by atoms with van der Waals surface area (Å²) >= 11 is 0. The van der Waals surface area contributed by atoms with Gasteiger partial charge in [0.25, 0.3) is 5.91 Å². The number of amides is 1. The zero-order valence-electron chi connectivity index (χ0n) is 16.6. The minimum absolute atomic E-state index is 0.107. The number of carbonyl (C=O) groups is 1. The molecule has 5 nitrogen and oxygen atoms in total. The fraction of sp³-hybridized carbons (Fsp3) is 0.500. The summed E-state index contributed by atoms with van der Waals surface area (Å²) in [6.45, 7) is 5.40. The standard InChI is InChI=1S/C22H31N3O2/c1-17-20(11-12-23(17)2)22(27)24(3)15-18-9-13-25(14-10-18)16-21(26)19-7-5-4-6-8-19/h4-8,11-12,18,21,26H,9-10,13-16H2,1-3H3. The molecule has 27 heavy (non-hydrogen) atoms. The number of likely N-dealkylation sites (tertiary alicyclic amines) is 1. The largest absolute Gasteiger partial charge is 0.387 e. The topological polar surface area (TPSA) is 48.7 Å². The molecule has 1 aromatic heterocycles. The molecule has 0 bridgehead atoms. The lowest BCUT2D eigenvalue weighted by Gasteiger charge is -2.34. The van der Waals surface area contributed by atoms with E-state index in [4.69, 9.17) is 0 Å². The van der Waals surface area contributed by atoms with E-state index in [1.54, 1.807) is 0 Å². The van der Waals surface area contributed by atoms with Gasteiger partial charge in [0.2, 0.25) is 0 Å². The molecule has 146 valence electrons. The number of nitrogens with zero attached hydrogens (tertiary/aromatic N) is 3. The molecule has 1 atom stereocenters. The van der Waals surface area contributed by atoms with Crippen molar-refractivity contribution < 1.29 is 9.90 Å². The first-order valence-electron chi connectivity index (χ1n) is 9.78. The van der Waals surface area contributed by atoms with Crippen LogP contribution >= 0.6 is 0 Å². The summed E-state index contributed by atoms with van der Waals surface area (Å²) in [6, 6.07) is 11.8. The number of β-amino-alcohol motifs (C(OH)–C–C–N with tert-alkyl or cyclic N) is 1. The fourth-order valence-electron chi connectivity index (χ4n) is 3.89. The maximum absolute atomic E-state index is 12.7. The van der Waals surface area contributed by atoms with Gasteiger partial charge in [-0.25, -0.2) is 0 Å². The average Bonchev–Trinajstić information content (AvgIpc) is 3.02. The van der Waals surface area contributed by atoms with E-state index in [-0.39, 0.29) is 5.91 Å². The van der Waals surface area contributed by atoms with Gasteiger partial charge in [-0.15, -0.1) is 0 Å². The smallest absolute Gasteiger partial charge is 0.255 e. The van der Waals surface area contributed by atoms with Crippen LogP contribution in [0.1, 0.15) is 40.6 Å². The lowest BCUT2D eigenvalue weighted by atomic mass is 9.95. The third kappa shape index (κ3) is 4.79. The first kappa shape index (κ1) is 19.6. The van der Waals surface area contributed by atoms with Crippen molar-refractivity contribution >= 4 is 5.91 Å². The van der Waals surface area contributed by atoms with Gasteiger partial charge in [-0.1, -0.05) is 30.3 Å². The van der Waals surface area contributed by atoms with Crippen LogP contribution in [-0.4, -0.2) is 58.6 Å². The second kappa shape index (κ2) is 8.72. The molecule has 1 fully saturated rings. The van der Waals surface area contributed by atoms with Gasteiger partial charge in [0, 0.05) is 39.1 Å². The van der Waals surface area contributed by atoms with E-state index in [2.05, 4.69) is 4.90 Å². The van der Waals surface area contributed by atoms with Crippen molar-refractivity contribution in [3.8, 4) is 0 Å². The second-order valence-corrected chi connectivity index (χ2v) is 7.78. The minimum Gasteiger partial charge on any atom is -0.387 e. The van der Waals surface area contributed by atoms with Crippen LogP contribution in [0.2, 0.25) is 0 Å². The van der Waals surface area contributed by atoms with Crippen LogP contribution in [0.25, 0.3) is 0 Å². The number of aliphatic hydroxyl groups is 1. The Labute approximate surface area is 162 Å². The number of benzene rings is 1. The summed E-state index contributed by atoms with van der Waals surface area (Å²) in [6.07, 6.45) is 3.63. The molecule has 0 radical (unpaired) electrons. The van der Waals surface area contributed by atoms with Crippen LogP contribution in [0.3, 0.4) is 0 Å². The molecule has 1 amide bonds. The Bertz CT molecular complexity index is 748. The third-order valence-corrected chi connectivity index (χ3v) is 5.82. The second-order valence-electron chi connectivity index (χ2n) is 7.78. The summed E-state index contributed by atoms with van der Waals surface area (Å²) in [7, 11) is 3.87. The van der Waals surface area contributed by atoms with E-state index < -0.39 is 6.10 Å². The Kier molecular flexibility index (Phi) is 6.34. The monoisotopic (exact) mass is 369 g/mol. The molecule has 1 saturated heterocycles. The van der Waals surface area contributed by atoms with E-state index in [1.807, 2.05) is 73.1 Å². The number of aromatic nitrogens is 1. The van der Waals surface area contributed by atoms with Gasteiger partial charge in [-0.05, 0) is 50.4 Å². The fourth-order valence-corrected chi connectivity index (χ4v) is 3.89. The molecule has 0 saturated carbocycles. The minimum atomic E-state index is -0.437. The first-order chi connectivity index (χ1) is 13.0. The number of hydrogen-bond acceptors (Lipinski definition) is 3. The van der Waals surface area contributed by atoms with Gasteiger partial charge in [0.1, 0.15) is 0 Å². The predicted octanol–water partition coefficient (Wildman–Crippen LogP) is 2.85. The SMILES string of the molecule is Cc1c(C(=O)N(C)CC2CCN(CC(O)c3ccccc3)CC2)ccn1C. The number of piperidine rings is 1. The molecule has 0 spiro atoms. The van der Waals surface area contributed by atoms with Crippen LogP contribution in [-0.2, 0) is 7.05 Å². The van der Waals surface area contributed by atoms with Gasteiger partial charge in [-0.3, -0.25) is 4.79 Å². The van der Waals surface area contributed by atoms with Crippen LogP contribution in [0.15, 0.2) is 42.6 Å². The van der Waals surface area contributed by atoms with E-state index >= 15 is 0 Å². The third-order valence-electron chi connectivity index (χ3n) is 5.82. The van der Waals surface area contributed by atoms with Crippen LogP contribution in [0.4, 0.5) is 0 Å². The number of aliphatic hydroxyl groups excluding tert-OH is 1. The van der Waals surface area contributed by atoms with Gasteiger partial charge >= 0.3 is 0 Å². The van der Waals surface area contributed by atoms with E-state index in [0.717, 1.165) is 49.3 Å². The molecule has 1 N–H and O–H groups in total. The van der Waals surface area contributed by atoms with E-state index in [9.17, 15) is 9.90 Å². The summed E-state index contributed by atoms with van der Waals surface area (Å²) < 4.78 is 1.98. The Morgan fingerprint density at radius 1 is 1.22 bits per heavy atom. The van der Waals surface area contributed by atoms with Crippen LogP contribution in [0, 0.1) is 12.8 Å². The summed E-state index contributed by atoms with van der Waals surface area (Å²) in [5, 5.41) is 10.4. The lowest BCUT2D eigenvalue weighted by Crippen LogP contribution is -2.40. The van der Waals surface area contributed by atoms with E-state index in [0.29, 0.717) is 12.5 Å².